The minimum Gasteiger partial charge on any atom is -0.482 e. The Morgan fingerprint density at radius 3 is 2.56 bits per heavy atom. The molecule has 0 spiro atoms. The number of anilines is 1. The zero-order valence-corrected chi connectivity index (χ0v) is 18.4. The Bertz CT molecular complexity index is 1060. The largest absolute Gasteiger partial charge is 0.482 e. The second-order valence-corrected chi connectivity index (χ2v) is 7.84. The second kappa shape index (κ2) is 10.6. The lowest BCUT2D eigenvalue weighted by atomic mass is 10.2. The fourth-order valence-corrected chi connectivity index (χ4v) is 3.70. The summed E-state index contributed by atoms with van der Waals surface area (Å²) in [5.74, 6) is -0.975. The van der Waals surface area contributed by atoms with E-state index in [1.54, 1.807) is 55.5 Å². The van der Waals surface area contributed by atoms with E-state index in [2.05, 4.69) is 5.32 Å². The molecule has 2 aromatic rings. The van der Waals surface area contributed by atoms with Crippen LogP contribution in [0.25, 0.3) is 6.08 Å². The van der Waals surface area contributed by atoms with Gasteiger partial charge in [-0.1, -0.05) is 24.3 Å². The van der Waals surface area contributed by atoms with Gasteiger partial charge >= 0.3 is 5.97 Å². The molecule has 1 N–H and O–H groups in total. The SMILES string of the molecule is CCOC(=O)COc1ccc(/C=C2\SC(=O)N(CC(=O)Nc3cccc(C)c3)C2=O)cc1. The van der Waals surface area contributed by atoms with Crippen LogP contribution in [-0.2, 0) is 19.1 Å². The number of hydrogen-bond acceptors (Lipinski definition) is 7. The Morgan fingerprint density at radius 1 is 1.12 bits per heavy atom. The van der Waals surface area contributed by atoms with Gasteiger partial charge in [-0.2, -0.15) is 0 Å². The minimum atomic E-state index is -0.526. The zero-order valence-electron chi connectivity index (χ0n) is 17.6. The van der Waals surface area contributed by atoms with Crippen LogP contribution in [0.4, 0.5) is 10.5 Å². The monoisotopic (exact) mass is 454 g/mol. The number of nitrogens with zero attached hydrogens (tertiary/aromatic N) is 1. The van der Waals surface area contributed by atoms with Gasteiger partial charge in [0.25, 0.3) is 11.1 Å². The van der Waals surface area contributed by atoms with Crippen LogP contribution in [0.1, 0.15) is 18.1 Å². The molecule has 1 saturated heterocycles. The first-order valence-corrected chi connectivity index (χ1v) is 10.7. The third-order valence-electron chi connectivity index (χ3n) is 4.32. The first-order chi connectivity index (χ1) is 15.4. The predicted molar refractivity (Wildman–Crippen MR) is 121 cm³/mol. The number of nitrogens with one attached hydrogen (secondary N) is 1. The summed E-state index contributed by atoms with van der Waals surface area (Å²) in [5, 5.41) is 2.18. The van der Waals surface area contributed by atoms with E-state index in [-0.39, 0.29) is 24.7 Å². The van der Waals surface area contributed by atoms with Gasteiger partial charge in [-0.3, -0.25) is 19.3 Å². The highest BCUT2D eigenvalue weighted by molar-refractivity contribution is 8.18. The van der Waals surface area contributed by atoms with Gasteiger partial charge < -0.3 is 14.8 Å². The molecule has 1 aliphatic heterocycles. The molecular formula is C23H22N2O6S. The van der Waals surface area contributed by atoms with E-state index < -0.39 is 23.0 Å². The summed E-state index contributed by atoms with van der Waals surface area (Å²) in [6.45, 7) is 3.33. The molecule has 166 valence electrons. The van der Waals surface area contributed by atoms with Crippen LogP contribution in [-0.4, -0.2) is 47.7 Å². The molecule has 9 heteroatoms. The minimum absolute atomic E-state index is 0.198. The van der Waals surface area contributed by atoms with Crippen molar-refractivity contribution in [3.63, 3.8) is 0 Å². The maximum atomic E-state index is 12.6. The third-order valence-corrected chi connectivity index (χ3v) is 5.22. The molecular weight excluding hydrogens is 432 g/mol. The van der Waals surface area contributed by atoms with Crippen LogP contribution in [0.2, 0.25) is 0 Å². The molecule has 0 atom stereocenters. The van der Waals surface area contributed by atoms with Gasteiger partial charge in [-0.05, 0) is 67.1 Å². The van der Waals surface area contributed by atoms with Crippen molar-refractivity contribution in [2.75, 3.05) is 25.1 Å². The summed E-state index contributed by atoms with van der Waals surface area (Å²) in [5.41, 5.74) is 2.25. The van der Waals surface area contributed by atoms with E-state index in [4.69, 9.17) is 9.47 Å². The molecule has 3 amide bonds. The number of rotatable bonds is 8. The maximum Gasteiger partial charge on any atom is 0.344 e. The summed E-state index contributed by atoms with van der Waals surface area (Å²) in [6.07, 6.45) is 1.57. The molecule has 0 unspecified atom stereocenters. The lowest BCUT2D eigenvalue weighted by Gasteiger charge is -2.12. The number of esters is 1. The Kier molecular flexibility index (Phi) is 7.67. The van der Waals surface area contributed by atoms with Gasteiger partial charge in [0.2, 0.25) is 5.91 Å². The molecule has 1 heterocycles. The van der Waals surface area contributed by atoms with Crippen molar-refractivity contribution in [1.82, 2.24) is 4.90 Å². The molecule has 0 saturated carbocycles. The number of carbonyl (C=O) groups excluding carboxylic acids is 4. The van der Waals surface area contributed by atoms with E-state index in [0.717, 1.165) is 22.2 Å². The average Bonchev–Trinajstić information content (AvgIpc) is 3.01. The number of carbonyl (C=O) groups is 4. The summed E-state index contributed by atoms with van der Waals surface area (Å²) >= 11 is 0.777. The number of imide groups is 1. The number of aryl methyl sites for hydroxylation is 1. The average molecular weight is 455 g/mol. The molecule has 1 aliphatic rings. The van der Waals surface area contributed by atoms with Gasteiger partial charge in [0.1, 0.15) is 12.3 Å². The van der Waals surface area contributed by atoms with Crippen molar-refractivity contribution < 1.29 is 28.7 Å². The number of hydrogen-bond donors (Lipinski definition) is 1. The lowest BCUT2D eigenvalue weighted by Crippen LogP contribution is -2.36. The van der Waals surface area contributed by atoms with Crippen molar-refractivity contribution in [2.24, 2.45) is 0 Å². The highest BCUT2D eigenvalue weighted by Crippen LogP contribution is 2.32. The van der Waals surface area contributed by atoms with Gasteiger partial charge in [0.15, 0.2) is 6.61 Å². The first kappa shape index (κ1) is 23.1. The first-order valence-electron chi connectivity index (χ1n) is 9.86. The number of amides is 3. The van der Waals surface area contributed by atoms with Crippen LogP contribution in [0.15, 0.2) is 53.4 Å². The van der Waals surface area contributed by atoms with Crippen LogP contribution in [0.3, 0.4) is 0 Å². The molecule has 32 heavy (non-hydrogen) atoms. The van der Waals surface area contributed by atoms with Gasteiger partial charge in [-0.15, -0.1) is 0 Å². The number of benzene rings is 2. The molecule has 0 radical (unpaired) electrons. The van der Waals surface area contributed by atoms with E-state index in [9.17, 15) is 19.2 Å². The van der Waals surface area contributed by atoms with Gasteiger partial charge in [-0.25, -0.2) is 4.79 Å². The van der Waals surface area contributed by atoms with Gasteiger partial charge in [0, 0.05) is 5.69 Å². The summed E-state index contributed by atoms with van der Waals surface area (Å²) in [7, 11) is 0. The van der Waals surface area contributed by atoms with Crippen LogP contribution in [0.5, 0.6) is 5.75 Å². The van der Waals surface area contributed by atoms with Crippen molar-refractivity contribution in [3.8, 4) is 5.75 Å². The summed E-state index contributed by atoms with van der Waals surface area (Å²) in [4.78, 5) is 49.7. The van der Waals surface area contributed by atoms with Crippen molar-refractivity contribution in [3.05, 3.63) is 64.6 Å². The Hall–Kier alpha value is -3.59. The molecule has 1 fully saturated rings. The molecule has 3 rings (SSSR count). The van der Waals surface area contributed by atoms with Crippen molar-refractivity contribution >= 4 is 46.5 Å². The molecule has 0 bridgehead atoms. The fourth-order valence-electron chi connectivity index (χ4n) is 2.86. The topological polar surface area (TPSA) is 102 Å². The van der Waals surface area contributed by atoms with E-state index in [1.165, 1.54) is 0 Å². The van der Waals surface area contributed by atoms with Gasteiger partial charge in [0.05, 0.1) is 11.5 Å². The third kappa shape index (κ3) is 6.21. The maximum absolute atomic E-state index is 12.6. The highest BCUT2D eigenvalue weighted by atomic mass is 32.2. The smallest absolute Gasteiger partial charge is 0.344 e. The van der Waals surface area contributed by atoms with E-state index >= 15 is 0 Å². The van der Waals surface area contributed by atoms with E-state index in [0.29, 0.717) is 17.0 Å². The van der Waals surface area contributed by atoms with E-state index in [1.807, 2.05) is 13.0 Å². The summed E-state index contributed by atoms with van der Waals surface area (Å²) < 4.78 is 10.1. The normalized spacial score (nSPS) is 14.6. The summed E-state index contributed by atoms with van der Waals surface area (Å²) in [6, 6.07) is 13.9. The van der Waals surface area contributed by atoms with Crippen molar-refractivity contribution in [1.29, 1.82) is 0 Å². The van der Waals surface area contributed by atoms with Crippen LogP contribution in [0, 0.1) is 6.92 Å². The molecule has 0 aliphatic carbocycles. The predicted octanol–water partition coefficient (Wildman–Crippen LogP) is 3.61. The Morgan fingerprint density at radius 2 is 1.88 bits per heavy atom. The highest BCUT2D eigenvalue weighted by Gasteiger charge is 2.36. The molecule has 2 aromatic carbocycles. The molecule has 8 nitrogen and oxygen atoms in total. The molecule has 0 aromatic heterocycles. The lowest BCUT2D eigenvalue weighted by molar-refractivity contribution is -0.145. The Balaban J connectivity index is 1.59. The fraction of sp³-hybridized carbons (Fsp3) is 0.217. The second-order valence-electron chi connectivity index (χ2n) is 6.85. The van der Waals surface area contributed by atoms with Crippen molar-refractivity contribution in [2.45, 2.75) is 13.8 Å². The number of ether oxygens (including phenoxy) is 2. The zero-order chi connectivity index (χ0) is 23.1. The number of thioether (sulfide) groups is 1. The quantitative estimate of drug-likeness (QED) is 0.480. The van der Waals surface area contributed by atoms with Crippen LogP contribution >= 0.6 is 11.8 Å². The Labute approximate surface area is 189 Å². The van der Waals surface area contributed by atoms with Crippen LogP contribution < -0.4 is 10.1 Å². The standard InChI is InChI=1S/C23H22N2O6S/c1-3-30-21(27)14-31-18-9-7-16(8-10-18)12-19-22(28)25(23(29)32-19)13-20(26)24-17-6-4-5-15(2)11-17/h4-12H,3,13-14H2,1-2H3,(H,24,26)/b19-12-.